The molecule has 2 aromatic carbocycles. The third-order valence-electron chi connectivity index (χ3n) is 5.11. The maximum absolute atomic E-state index is 5.97. The van der Waals surface area contributed by atoms with Crippen LogP contribution in [-0.4, -0.2) is 53.6 Å². The fourth-order valence-electron chi connectivity index (χ4n) is 3.43. The van der Waals surface area contributed by atoms with E-state index in [2.05, 4.69) is 38.4 Å². The van der Waals surface area contributed by atoms with E-state index < -0.39 is 0 Å². The van der Waals surface area contributed by atoms with Gasteiger partial charge in [0.05, 0.1) is 6.61 Å². The first kappa shape index (κ1) is 20.1. The molecule has 5 nitrogen and oxygen atoms in total. The number of nitrogens with zero attached hydrogens (tertiary/aromatic N) is 4. The van der Waals surface area contributed by atoms with E-state index >= 15 is 0 Å². The smallest absolute Gasteiger partial charge is 0.205 e. The highest BCUT2D eigenvalue weighted by molar-refractivity contribution is 7.09. The number of ether oxygens (including phenoxy) is 1. The number of hydrogen-bond acceptors (Lipinski definition) is 6. The fourth-order valence-corrected chi connectivity index (χ4v) is 4.29. The molecule has 2 heterocycles. The predicted molar refractivity (Wildman–Crippen MR) is 120 cm³/mol. The number of piperazine rings is 1. The first-order valence-electron chi connectivity index (χ1n) is 10.00. The van der Waals surface area contributed by atoms with Gasteiger partial charge in [0.25, 0.3) is 0 Å². The molecular formula is C22H25ClN4OS. The van der Waals surface area contributed by atoms with Gasteiger partial charge in [-0.3, -0.25) is 4.90 Å². The molecule has 0 radical (unpaired) electrons. The highest BCUT2D eigenvalue weighted by Gasteiger charge is 2.20. The van der Waals surface area contributed by atoms with Gasteiger partial charge in [-0.05, 0) is 55.3 Å². The molecule has 0 amide bonds. The second kappa shape index (κ2) is 9.57. The molecule has 0 atom stereocenters. The summed E-state index contributed by atoms with van der Waals surface area (Å²) >= 11 is 7.44. The Hall–Kier alpha value is -2.15. The molecule has 4 rings (SSSR count). The van der Waals surface area contributed by atoms with Crippen molar-refractivity contribution in [2.45, 2.75) is 13.3 Å². The van der Waals surface area contributed by atoms with E-state index in [1.165, 1.54) is 17.1 Å². The van der Waals surface area contributed by atoms with Gasteiger partial charge in [0.2, 0.25) is 5.13 Å². The van der Waals surface area contributed by atoms with E-state index in [0.717, 1.165) is 66.4 Å². The van der Waals surface area contributed by atoms with E-state index in [9.17, 15) is 0 Å². The summed E-state index contributed by atoms with van der Waals surface area (Å²) in [6.45, 7) is 7.86. The average Bonchev–Trinajstić information content (AvgIpc) is 3.25. The number of rotatable bonds is 7. The quantitative estimate of drug-likeness (QED) is 0.549. The first-order chi connectivity index (χ1) is 14.2. The number of anilines is 1. The predicted octanol–water partition coefficient (Wildman–Crippen LogP) is 4.62. The van der Waals surface area contributed by atoms with Crippen LogP contribution in [0.1, 0.15) is 12.5 Å². The minimum atomic E-state index is 0.708. The van der Waals surface area contributed by atoms with Crippen molar-refractivity contribution in [2.24, 2.45) is 0 Å². The molecule has 29 heavy (non-hydrogen) atoms. The fraction of sp³-hybridized carbons (Fsp3) is 0.364. The van der Waals surface area contributed by atoms with Crippen molar-refractivity contribution >= 4 is 28.3 Å². The van der Waals surface area contributed by atoms with Crippen LogP contribution in [0.15, 0.2) is 48.5 Å². The number of halogens is 1. The van der Waals surface area contributed by atoms with Gasteiger partial charge in [-0.2, -0.15) is 9.36 Å². The minimum Gasteiger partial charge on any atom is -0.494 e. The molecule has 0 N–H and O–H groups in total. The van der Waals surface area contributed by atoms with E-state index in [4.69, 9.17) is 21.3 Å². The molecule has 1 aliphatic heterocycles. The van der Waals surface area contributed by atoms with E-state index in [1.807, 2.05) is 31.2 Å². The summed E-state index contributed by atoms with van der Waals surface area (Å²) in [7, 11) is 0. The summed E-state index contributed by atoms with van der Waals surface area (Å²) in [6, 6.07) is 16.1. The van der Waals surface area contributed by atoms with E-state index in [-0.39, 0.29) is 0 Å². The molecule has 3 aromatic rings. The van der Waals surface area contributed by atoms with Crippen LogP contribution in [0.2, 0.25) is 5.02 Å². The standard InChI is InChI=1S/C22H25ClN4OS/c1-2-28-20-9-3-17(4-10-20)11-12-26-13-15-27(16-14-26)22-24-21(25-29-22)18-5-7-19(23)8-6-18/h3-10H,2,11-16H2,1H3. The van der Waals surface area contributed by atoms with Crippen LogP contribution in [-0.2, 0) is 6.42 Å². The zero-order valence-corrected chi connectivity index (χ0v) is 18.1. The van der Waals surface area contributed by atoms with Crippen molar-refractivity contribution in [3.05, 3.63) is 59.1 Å². The van der Waals surface area contributed by atoms with Gasteiger partial charge in [0.15, 0.2) is 5.82 Å². The largest absolute Gasteiger partial charge is 0.494 e. The zero-order valence-electron chi connectivity index (χ0n) is 16.6. The van der Waals surface area contributed by atoms with Crippen molar-refractivity contribution < 1.29 is 4.74 Å². The van der Waals surface area contributed by atoms with Gasteiger partial charge in [-0.25, -0.2) is 0 Å². The van der Waals surface area contributed by atoms with Crippen LogP contribution in [0.3, 0.4) is 0 Å². The van der Waals surface area contributed by atoms with Crippen LogP contribution in [0.25, 0.3) is 11.4 Å². The lowest BCUT2D eigenvalue weighted by Crippen LogP contribution is -2.47. The summed E-state index contributed by atoms with van der Waals surface area (Å²) in [5.41, 5.74) is 2.36. The molecular weight excluding hydrogens is 404 g/mol. The van der Waals surface area contributed by atoms with Gasteiger partial charge in [0.1, 0.15) is 5.75 Å². The molecule has 152 valence electrons. The zero-order chi connectivity index (χ0) is 20.1. The lowest BCUT2D eigenvalue weighted by Gasteiger charge is -2.34. The average molecular weight is 429 g/mol. The summed E-state index contributed by atoms with van der Waals surface area (Å²) in [5.74, 6) is 1.72. The van der Waals surface area contributed by atoms with Crippen LogP contribution in [0.4, 0.5) is 5.13 Å². The summed E-state index contributed by atoms with van der Waals surface area (Å²) in [4.78, 5) is 9.60. The third kappa shape index (κ3) is 5.26. The SMILES string of the molecule is CCOc1ccc(CCN2CCN(c3nc(-c4ccc(Cl)cc4)ns3)CC2)cc1. The van der Waals surface area contributed by atoms with E-state index in [1.54, 1.807) is 0 Å². The Balaban J connectivity index is 1.26. The topological polar surface area (TPSA) is 41.5 Å². The van der Waals surface area contributed by atoms with Crippen LogP contribution >= 0.6 is 23.1 Å². The van der Waals surface area contributed by atoms with Gasteiger partial charge in [0, 0.05) is 54.8 Å². The first-order valence-corrected chi connectivity index (χ1v) is 11.1. The van der Waals surface area contributed by atoms with Crippen LogP contribution < -0.4 is 9.64 Å². The maximum Gasteiger partial charge on any atom is 0.205 e. The number of aromatic nitrogens is 2. The molecule has 1 fully saturated rings. The monoisotopic (exact) mass is 428 g/mol. The third-order valence-corrected chi connectivity index (χ3v) is 6.14. The minimum absolute atomic E-state index is 0.708. The molecule has 0 aliphatic carbocycles. The van der Waals surface area contributed by atoms with Crippen molar-refractivity contribution in [2.75, 3.05) is 44.2 Å². The highest BCUT2D eigenvalue weighted by atomic mass is 35.5. The lowest BCUT2D eigenvalue weighted by molar-refractivity contribution is 0.261. The van der Waals surface area contributed by atoms with Gasteiger partial charge in [-0.15, -0.1) is 0 Å². The molecule has 7 heteroatoms. The van der Waals surface area contributed by atoms with Crippen molar-refractivity contribution in [1.82, 2.24) is 14.3 Å². The Bertz CT molecular complexity index is 905. The van der Waals surface area contributed by atoms with Crippen LogP contribution in [0.5, 0.6) is 5.75 Å². The highest BCUT2D eigenvalue weighted by Crippen LogP contribution is 2.25. The molecule has 0 unspecified atom stereocenters. The Morgan fingerprint density at radius 1 is 1.00 bits per heavy atom. The van der Waals surface area contributed by atoms with Crippen LogP contribution in [0, 0.1) is 0 Å². The summed E-state index contributed by atoms with van der Waals surface area (Å²) < 4.78 is 10.0. The Kier molecular flexibility index (Phi) is 6.64. The number of hydrogen-bond donors (Lipinski definition) is 0. The Labute approximate surface area is 181 Å². The molecule has 0 saturated carbocycles. The van der Waals surface area contributed by atoms with Gasteiger partial charge in [-0.1, -0.05) is 23.7 Å². The second-order valence-corrected chi connectivity index (χ2v) is 8.23. The normalized spacial score (nSPS) is 14.9. The molecule has 1 aliphatic rings. The molecule has 1 saturated heterocycles. The summed E-state index contributed by atoms with van der Waals surface area (Å²) in [6.07, 6.45) is 1.06. The summed E-state index contributed by atoms with van der Waals surface area (Å²) in [5, 5.41) is 1.73. The van der Waals surface area contributed by atoms with Crippen molar-refractivity contribution in [1.29, 1.82) is 0 Å². The van der Waals surface area contributed by atoms with Gasteiger partial charge < -0.3 is 9.64 Å². The van der Waals surface area contributed by atoms with Crippen molar-refractivity contribution in [3.8, 4) is 17.1 Å². The lowest BCUT2D eigenvalue weighted by atomic mass is 10.1. The van der Waals surface area contributed by atoms with E-state index in [0.29, 0.717) is 6.61 Å². The maximum atomic E-state index is 5.97. The van der Waals surface area contributed by atoms with Gasteiger partial charge >= 0.3 is 0 Å². The molecule has 1 aromatic heterocycles. The Morgan fingerprint density at radius 2 is 1.72 bits per heavy atom. The molecule has 0 spiro atoms. The molecule has 0 bridgehead atoms. The van der Waals surface area contributed by atoms with Crippen molar-refractivity contribution in [3.63, 3.8) is 0 Å². The second-order valence-electron chi connectivity index (χ2n) is 7.06. The Morgan fingerprint density at radius 3 is 2.41 bits per heavy atom. The number of benzene rings is 2.